The zero-order valence-electron chi connectivity index (χ0n) is 13.7. The average Bonchev–Trinajstić information content (AvgIpc) is 2.72. The molecule has 1 N–H and O–H groups in total. The van der Waals surface area contributed by atoms with E-state index in [4.69, 9.17) is 0 Å². The standard InChI is InChI=1S/C18H29NOS/c1-4-12-19-17-8-6-5-7-9-18(17)21(20)16-11-10-14(2)15(3)13-16/h10-11,13,17-19H,4-9,12H2,1-3H3. The third-order valence-corrected chi connectivity index (χ3v) is 6.43. The summed E-state index contributed by atoms with van der Waals surface area (Å²) >= 11 is 0. The molecule has 118 valence electrons. The van der Waals surface area contributed by atoms with Crippen LogP contribution < -0.4 is 5.32 Å². The number of benzene rings is 1. The highest BCUT2D eigenvalue weighted by atomic mass is 32.2. The number of nitrogens with one attached hydrogen (secondary N) is 1. The largest absolute Gasteiger partial charge is 0.313 e. The molecule has 1 aromatic carbocycles. The van der Waals surface area contributed by atoms with E-state index in [1.807, 2.05) is 0 Å². The van der Waals surface area contributed by atoms with Gasteiger partial charge >= 0.3 is 0 Å². The molecule has 2 nitrogen and oxygen atoms in total. The Morgan fingerprint density at radius 3 is 2.62 bits per heavy atom. The average molecular weight is 308 g/mol. The first-order chi connectivity index (χ1) is 10.1. The van der Waals surface area contributed by atoms with Gasteiger partial charge < -0.3 is 5.32 Å². The highest BCUT2D eigenvalue weighted by molar-refractivity contribution is 7.85. The van der Waals surface area contributed by atoms with Gasteiger partial charge in [-0.05, 0) is 62.9 Å². The first-order valence-electron chi connectivity index (χ1n) is 8.34. The van der Waals surface area contributed by atoms with E-state index < -0.39 is 10.8 Å². The molecule has 3 heteroatoms. The van der Waals surface area contributed by atoms with E-state index in [9.17, 15) is 4.21 Å². The van der Waals surface area contributed by atoms with Gasteiger partial charge in [-0.2, -0.15) is 0 Å². The Morgan fingerprint density at radius 1 is 1.14 bits per heavy atom. The van der Waals surface area contributed by atoms with Gasteiger partial charge in [-0.3, -0.25) is 4.21 Å². The maximum absolute atomic E-state index is 13.1. The van der Waals surface area contributed by atoms with Crippen molar-refractivity contribution in [2.24, 2.45) is 0 Å². The number of aryl methyl sites for hydroxylation is 2. The zero-order chi connectivity index (χ0) is 15.2. The van der Waals surface area contributed by atoms with Crippen molar-refractivity contribution in [3.05, 3.63) is 29.3 Å². The van der Waals surface area contributed by atoms with Crippen LogP contribution in [0.15, 0.2) is 23.1 Å². The molecule has 0 bridgehead atoms. The van der Waals surface area contributed by atoms with Crippen molar-refractivity contribution in [3.63, 3.8) is 0 Å². The lowest BCUT2D eigenvalue weighted by atomic mass is 10.1. The molecule has 0 aromatic heterocycles. The molecule has 3 unspecified atom stereocenters. The van der Waals surface area contributed by atoms with Crippen LogP contribution in [-0.4, -0.2) is 22.0 Å². The minimum atomic E-state index is -0.896. The van der Waals surface area contributed by atoms with Crippen molar-refractivity contribution in [3.8, 4) is 0 Å². The summed E-state index contributed by atoms with van der Waals surface area (Å²) in [6.07, 6.45) is 7.15. The van der Waals surface area contributed by atoms with E-state index >= 15 is 0 Å². The van der Waals surface area contributed by atoms with E-state index in [0.29, 0.717) is 6.04 Å². The number of hydrogen-bond donors (Lipinski definition) is 1. The predicted octanol–water partition coefficient (Wildman–Crippen LogP) is 4.11. The third-order valence-electron chi connectivity index (χ3n) is 4.59. The van der Waals surface area contributed by atoms with Gasteiger partial charge in [-0.25, -0.2) is 0 Å². The molecule has 1 fully saturated rings. The van der Waals surface area contributed by atoms with Gasteiger partial charge in [0.25, 0.3) is 0 Å². The van der Waals surface area contributed by atoms with Crippen LogP contribution in [0.5, 0.6) is 0 Å². The summed E-state index contributed by atoms with van der Waals surface area (Å²) in [5.74, 6) is 0. The van der Waals surface area contributed by atoms with Crippen molar-refractivity contribution in [2.75, 3.05) is 6.54 Å². The monoisotopic (exact) mass is 307 g/mol. The molecule has 0 saturated heterocycles. The van der Waals surface area contributed by atoms with E-state index in [1.165, 1.54) is 36.8 Å². The van der Waals surface area contributed by atoms with Crippen molar-refractivity contribution in [1.29, 1.82) is 0 Å². The van der Waals surface area contributed by atoms with Gasteiger partial charge in [0.2, 0.25) is 0 Å². The topological polar surface area (TPSA) is 29.1 Å². The van der Waals surface area contributed by atoms with Gasteiger partial charge in [0.05, 0.1) is 16.0 Å². The van der Waals surface area contributed by atoms with Gasteiger partial charge in [0.15, 0.2) is 0 Å². The zero-order valence-corrected chi connectivity index (χ0v) is 14.5. The quantitative estimate of drug-likeness (QED) is 0.829. The predicted molar refractivity (Wildman–Crippen MR) is 91.3 cm³/mol. The summed E-state index contributed by atoms with van der Waals surface area (Å²) in [5, 5.41) is 3.91. The number of rotatable bonds is 5. The second-order valence-corrected chi connectivity index (χ2v) is 7.95. The molecule has 0 radical (unpaired) electrons. The molecule has 0 spiro atoms. The Kier molecular flexibility index (Phi) is 6.43. The Morgan fingerprint density at radius 2 is 1.90 bits per heavy atom. The number of hydrogen-bond acceptors (Lipinski definition) is 2. The third kappa shape index (κ3) is 4.40. The van der Waals surface area contributed by atoms with E-state index in [1.54, 1.807) is 0 Å². The van der Waals surface area contributed by atoms with Crippen molar-refractivity contribution in [2.45, 2.75) is 75.5 Å². The molecular formula is C18H29NOS. The summed E-state index contributed by atoms with van der Waals surface area (Å²) < 4.78 is 13.1. The molecule has 2 rings (SSSR count). The van der Waals surface area contributed by atoms with Crippen molar-refractivity contribution in [1.82, 2.24) is 5.32 Å². The van der Waals surface area contributed by atoms with Crippen molar-refractivity contribution < 1.29 is 4.21 Å². The highest BCUT2D eigenvalue weighted by Crippen LogP contribution is 2.26. The second kappa shape index (κ2) is 8.09. The Labute approximate surface area is 132 Å². The van der Waals surface area contributed by atoms with Gasteiger partial charge in [0.1, 0.15) is 0 Å². The van der Waals surface area contributed by atoms with Crippen LogP contribution in [0.2, 0.25) is 0 Å². The molecule has 1 aromatic rings. The summed E-state index contributed by atoms with van der Waals surface area (Å²) in [7, 11) is -0.896. The lowest BCUT2D eigenvalue weighted by Crippen LogP contribution is -2.41. The molecule has 3 atom stereocenters. The smallest absolute Gasteiger partial charge is 0.0576 e. The first-order valence-corrected chi connectivity index (χ1v) is 9.56. The molecule has 0 aliphatic heterocycles. The van der Waals surface area contributed by atoms with Crippen LogP contribution in [0.4, 0.5) is 0 Å². The molecule has 1 aliphatic carbocycles. The van der Waals surface area contributed by atoms with Crippen LogP contribution in [0.1, 0.15) is 56.6 Å². The van der Waals surface area contributed by atoms with Crippen LogP contribution in [0.25, 0.3) is 0 Å². The minimum Gasteiger partial charge on any atom is -0.313 e. The van der Waals surface area contributed by atoms with E-state index in [-0.39, 0.29) is 5.25 Å². The van der Waals surface area contributed by atoms with Crippen LogP contribution in [0, 0.1) is 13.8 Å². The van der Waals surface area contributed by atoms with Crippen LogP contribution >= 0.6 is 0 Å². The van der Waals surface area contributed by atoms with Gasteiger partial charge in [-0.1, -0.05) is 32.3 Å². The SMILES string of the molecule is CCCNC1CCCCCC1S(=O)c1ccc(C)c(C)c1. The highest BCUT2D eigenvalue weighted by Gasteiger charge is 2.29. The lowest BCUT2D eigenvalue weighted by molar-refractivity contribution is 0.463. The normalized spacial score (nSPS) is 24.5. The molecule has 1 aliphatic rings. The molecule has 0 heterocycles. The first kappa shape index (κ1) is 16.7. The molecule has 0 amide bonds. The van der Waals surface area contributed by atoms with Crippen molar-refractivity contribution >= 4 is 10.8 Å². The Balaban J connectivity index is 2.17. The molecular weight excluding hydrogens is 278 g/mol. The van der Waals surface area contributed by atoms with E-state index in [2.05, 4.69) is 44.3 Å². The van der Waals surface area contributed by atoms with Crippen LogP contribution in [-0.2, 0) is 10.8 Å². The summed E-state index contributed by atoms with van der Waals surface area (Å²) in [6, 6.07) is 6.69. The lowest BCUT2D eigenvalue weighted by Gasteiger charge is -2.26. The maximum Gasteiger partial charge on any atom is 0.0576 e. The molecule has 21 heavy (non-hydrogen) atoms. The fourth-order valence-electron chi connectivity index (χ4n) is 3.11. The van der Waals surface area contributed by atoms with Gasteiger partial charge in [-0.15, -0.1) is 0 Å². The fourth-order valence-corrected chi connectivity index (χ4v) is 4.86. The second-order valence-electron chi connectivity index (χ2n) is 6.28. The Hall–Kier alpha value is -0.670. The summed E-state index contributed by atoms with van der Waals surface area (Å²) in [6.45, 7) is 7.44. The Bertz CT molecular complexity index is 486. The maximum atomic E-state index is 13.1. The van der Waals surface area contributed by atoms with Crippen LogP contribution in [0.3, 0.4) is 0 Å². The fraction of sp³-hybridized carbons (Fsp3) is 0.667. The summed E-state index contributed by atoms with van der Waals surface area (Å²) in [5.41, 5.74) is 2.52. The summed E-state index contributed by atoms with van der Waals surface area (Å²) in [4.78, 5) is 1.01. The van der Waals surface area contributed by atoms with E-state index in [0.717, 1.165) is 24.3 Å². The molecule has 1 saturated carbocycles. The minimum absolute atomic E-state index is 0.265. The van der Waals surface area contributed by atoms with Gasteiger partial charge in [0, 0.05) is 10.9 Å².